The molecular weight excluding hydrogens is 234 g/mol. The summed E-state index contributed by atoms with van der Waals surface area (Å²) in [5.74, 6) is 0.883. The van der Waals surface area contributed by atoms with Gasteiger partial charge in [-0.05, 0) is 50.6 Å². The lowest BCUT2D eigenvalue weighted by molar-refractivity contribution is 0.0841. The largest absolute Gasteiger partial charge is 0.486 e. The van der Waals surface area contributed by atoms with Crippen molar-refractivity contribution in [2.45, 2.75) is 39.7 Å². The van der Waals surface area contributed by atoms with Crippen molar-refractivity contribution in [1.82, 2.24) is 5.32 Å². The van der Waals surface area contributed by atoms with Crippen LogP contribution in [0.1, 0.15) is 32.8 Å². The predicted molar refractivity (Wildman–Crippen MR) is 74.1 cm³/mol. The Morgan fingerprint density at radius 2 is 2.06 bits per heavy atom. The van der Waals surface area contributed by atoms with Crippen LogP contribution in [0.4, 0.5) is 0 Å². The maximum Gasteiger partial charge on any atom is 0.120 e. The number of aryl methyl sites for hydroxylation is 1. The number of hydrogen-bond acceptors (Lipinski definition) is 2. The molecule has 0 spiro atoms. The van der Waals surface area contributed by atoms with Crippen molar-refractivity contribution in [2.75, 3.05) is 13.1 Å². The van der Waals surface area contributed by atoms with E-state index in [4.69, 9.17) is 16.3 Å². The summed E-state index contributed by atoms with van der Waals surface area (Å²) in [6, 6.07) is 5.80. The van der Waals surface area contributed by atoms with Gasteiger partial charge in [0, 0.05) is 11.6 Å². The third kappa shape index (κ3) is 4.21. The molecule has 1 aromatic carbocycles. The summed E-state index contributed by atoms with van der Waals surface area (Å²) in [6.45, 7) is 10.2. The summed E-state index contributed by atoms with van der Waals surface area (Å²) in [6.07, 6.45) is 0.960. The van der Waals surface area contributed by atoms with E-state index in [2.05, 4.69) is 26.1 Å². The Hall–Kier alpha value is -0.730. The molecule has 96 valence electrons. The molecule has 1 aromatic rings. The Kier molecular flexibility index (Phi) is 5.29. The zero-order valence-corrected chi connectivity index (χ0v) is 11.9. The molecule has 0 fully saturated rings. The molecule has 0 heterocycles. The molecule has 0 bridgehead atoms. The normalized spacial score (nSPS) is 14.4. The maximum atomic E-state index is 6.07. The van der Waals surface area contributed by atoms with Crippen LogP contribution in [0.15, 0.2) is 18.2 Å². The second-order valence-corrected chi connectivity index (χ2v) is 5.00. The van der Waals surface area contributed by atoms with E-state index in [1.807, 2.05) is 25.1 Å². The van der Waals surface area contributed by atoms with Gasteiger partial charge in [0.25, 0.3) is 0 Å². The van der Waals surface area contributed by atoms with E-state index in [9.17, 15) is 0 Å². The first-order chi connectivity index (χ1) is 8.00. The van der Waals surface area contributed by atoms with Crippen molar-refractivity contribution in [2.24, 2.45) is 0 Å². The Labute approximate surface area is 109 Å². The van der Waals surface area contributed by atoms with E-state index in [-0.39, 0.29) is 5.60 Å². The fraction of sp³-hybridized carbons (Fsp3) is 0.571. The van der Waals surface area contributed by atoms with Gasteiger partial charge >= 0.3 is 0 Å². The Balaban J connectivity index is 2.76. The minimum absolute atomic E-state index is 0.170. The average molecular weight is 256 g/mol. The molecule has 0 saturated heterocycles. The third-order valence-electron chi connectivity index (χ3n) is 2.99. The lowest BCUT2D eigenvalue weighted by atomic mass is 10.0. The highest BCUT2D eigenvalue weighted by molar-refractivity contribution is 6.31. The summed E-state index contributed by atoms with van der Waals surface area (Å²) in [5, 5.41) is 4.11. The number of benzene rings is 1. The number of likely N-dealkylation sites (N-methyl/N-ethyl adjacent to an activating group) is 1. The first-order valence-corrected chi connectivity index (χ1v) is 6.54. The minimum atomic E-state index is -0.170. The van der Waals surface area contributed by atoms with Crippen LogP contribution in [0, 0.1) is 6.92 Å². The van der Waals surface area contributed by atoms with Gasteiger partial charge in [0.1, 0.15) is 11.4 Å². The van der Waals surface area contributed by atoms with Crippen LogP contribution >= 0.6 is 11.6 Å². The molecule has 0 radical (unpaired) electrons. The van der Waals surface area contributed by atoms with Crippen LogP contribution in [-0.4, -0.2) is 18.7 Å². The zero-order chi connectivity index (χ0) is 12.9. The molecule has 0 aliphatic carbocycles. The molecule has 1 N–H and O–H groups in total. The molecule has 1 rings (SSSR count). The molecule has 1 unspecified atom stereocenters. The first kappa shape index (κ1) is 14.3. The van der Waals surface area contributed by atoms with E-state index in [1.165, 1.54) is 0 Å². The fourth-order valence-corrected chi connectivity index (χ4v) is 1.71. The quantitative estimate of drug-likeness (QED) is 0.835. The second kappa shape index (κ2) is 6.27. The smallest absolute Gasteiger partial charge is 0.120 e. The lowest BCUT2D eigenvalue weighted by Crippen LogP contribution is -2.42. The van der Waals surface area contributed by atoms with E-state index in [0.717, 1.165) is 35.8 Å². The van der Waals surface area contributed by atoms with Gasteiger partial charge in [-0.2, -0.15) is 0 Å². The van der Waals surface area contributed by atoms with Gasteiger partial charge in [0.15, 0.2) is 0 Å². The number of halogens is 1. The molecule has 0 amide bonds. The van der Waals surface area contributed by atoms with E-state index in [1.54, 1.807) is 0 Å². The summed E-state index contributed by atoms with van der Waals surface area (Å²) in [5.41, 5.74) is 0.877. The number of ether oxygens (including phenoxy) is 1. The molecule has 0 aliphatic heterocycles. The summed E-state index contributed by atoms with van der Waals surface area (Å²) < 4.78 is 6.07. The Bertz CT molecular complexity index is 367. The highest BCUT2D eigenvalue weighted by Crippen LogP contribution is 2.25. The third-order valence-corrected chi connectivity index (χ3v) is 3.41. The van der Waals surface area contributed by atoms with Crippen molar-refractivity contribution >= 4 is 11.6 Å². The number of nitrogens with one attached hydrogen (secondary N) is 1. The fourth-order valence-electron chi connectivity index (χ4n) is 1.59. The summed E-state index contributed by atoms with van der Waals surface area (Å²) in [7, 11) is 0. The number of rotatable bonds is 6. The molecule has 0 saturated carbocycles. The van der Waals surface area contributed by atoms with Crippen LogP contribution in [-0.2, 0) is 0 Å². The summed E-state index contributed by atoms with van der Waals surface area (Å²) in [4.78, 5) is 0. The minimum Gasteiger partial charge on any atom is -0.486 e. The Morgan fingerprint density at radius 1 is 1.35 bits per heavy atom. The van der Waals surface area contributed by atoms with Crippen molar-refractivity contribution in [1.29, 1.82) is 0 Å². The second-order valence-electron chi connectivity index (χ2n) is 4.60. The molecule has 2 nitrogen and oxygen atoms in total. The van der Waals surface area contributed by atoms with Gasteiger partial charge in [0.2, 0.25) is 0 Å². The lowest BCUT2D eigenvalue weighted by Gasteiger charge is -2.30. The highest BCUT2D eigenvalue weighted by atomic mass is 35.5. The predicted octanol–water partition coefficient (Wildman–Crippen LogP) is 3.81. The molecule has 3 heteroatoms. The van der Waals surface area contributed by atoms with Crippen LogP contribution < -0.4 is 10.1 Å². The van der Waals surface area contributed by atoms with Crippen LogP contribution in [0.5, 0.6) is 5.75 Å². The number of hydrogen-bond donors (Lipinski definition) is 1. The molecular formula is C14H22ClNO. The molecule has 17 heavy (non-hydrogen) atoms. The zero-order valence-electron chi connectivity index (χ0n) is 11.1. The van der Waals surface area contributed by atoms with Gasteiger partial charge in [-0.15, -0.1) is 0 Å². The van der Waals surface area contributed by atoms with Gasteiger partial charge in [0.05, 0.1) is 0 Å². The van der Waals surface area contributed by atoms with Crippen molar-refractivity contribution < 1.29 is 4.74 Å². The van der Waals surface area contributed by atoms with E-state index >= 15 is 0 Å². The molecule has 0 aliphatic rings. The standard InChI is InChI=1S/C14H22ClNO/c1-5-14(4,10-16-6-2)17-12-7-8-13(15)11(3)9-12/h7-9,16H,5-6,10H2,1-4H3. The first-order valence-electron chi connectivity index (χ1n) is 6.16. The van der Waals surface area contributed by atoms with Gasteiger partial charge < -0.3 is 10.1 Å². The highest BCUT2D eigenvalue weighted by Gasteiger charge is 2.23. The SMILES string of the molecule is CCNCC(C)(CC)Oc1ccc(Cl)c(C)c1. The summed E-state index contributed by atoms with van der Waals surface area (Å²) >= 11 is 6.00. The Morgan fingerprint density at radius 3 is 2.59 bits per heavy atom. The molecule has 0 aromatic heterocycles. The topological polar surface area (TPSA) is 21.3 Å². The van der Waals surface area contributed by atoms with Crippen molar-refractivity contribution in [3.05, 3.63) is 28.8 Å². The van der Waals surface area contributed by atoms with E-state index < -0.39 is 0 Å². The van der Waals surface area contributed by atoms with Crippen LogP contribution in [0.25, 0.3) is 0 Å². The monoisotopic (exact) mass is 255 g/mol. The van der Waals surface area contributed by atoms with E-state index in [0.29, 0.717) is 0 Å². The van der Waals surface area contributed by atoms with Crippen molar-refractivity contribution in [3.63, 3.8) is 0 Å². The van der Waals surface area contributed by atoms with Gasteiger partial charge in [-0.1, -0.05) is 25.4 Å². The van der Waals surface area contributed by atoms with Gasteiger partial charge in [-0.25, -0.2) is 0 Å². The maximum absolute atomic E-state index is 6.07. The average Bonchev–Trinajstić information content (AvgIpc) is 2.31. The van der Waals surface area contributed by atoms with Crippen LogP contribution in [0.2, 0.25) is 5.02 Å². The van der Waals surface area contributed by atoms with Gasteiger partial charge in [-0.3, -0.25) is 0 Å². The van der Waals surface area contributed by atoms with Crippen molar-refractivity contribution in [3.8, 4) is 5.75 Å². The van der Waals surface area contributed by atoms with Crippen LogP contribution in [0.3, 0.4) is 0 Å². The molecule has 1 atom stereocenters.